The monoisotopic (exact) mass is 358 g/mol. The van der Waals surface area contributed by atoms with Crippen molar-refractivity contribution < 1.29 is 18.4 Å². The van der Waals surface area contributed by atoms with Gasteiger partial charge in [0, 0.05) is 12.7 Å². The van der Waals surface area contributed by atoms with E-state index in [-0.39, 0.29) is 0 Å². The van der Waals surface area contributed by atoms with E-state index in [1.165, 1.54) is 6.08 Å². The van der Waals surface area contributed by atoms with Crippen molar-refractivity contribution in [1.82, 2.24) is 9.55 Å². The van der Waals surface area contributed by atoms with E-state index in [4.69, 9.17) is 14.0 Å². The number of halogens is 1. The zero-order valence-electron chi connectivity index (χ0n) is 15.8. The van der Waals surface area contributed by atoms with E-state index in [2.05, 4.69) is 4.98 Å². The van der Waals surface area contributed by atoms with Crippen molar-refractivity contribution in [2.45, 2.75) is 45.4 Å². The topological polar surface area (TPSA) is 45.5 Å². The Balaban J connectivity index is 1.70. The number of imidazole rings is 1. The van der Waals surface area contributed by atoms with Crippen LogP contribution in [0, 0.1) is 0 Å². The van der Waals surface area contributed by atoms with Gasteiger partial charge in [-0.15, -0.1) is 0 Å². The third kappa shape index (κ3) is 3.84. The molecule has 2 aromatic rings. The minimum absolute atomic E-state index is 0.490. The van der Waals surface area contributed by atoms with Crippen LogP contribution < -0.4 is 4.74 Å². The van der Waals surface area contributed by atoms with E-state index in [1.807, 2.05) is 56.5 Å². The van der Waals surface area contributed by atoms with Crippen molar-refractivity contribution in [1.29, 1.82) is 0 Å². The highest BCUT2D eigenvalue weighted by Crippen LogP contribution is 2.39. The highest BCUT2D eigenvalue weighted by Gasteiger charge is 2.53. The minimum atomic E-state index is -1.01. The van der Waals surface area contributed by atoms with Gasteiger partial charge in [0.25, 0.3) is 0 Å². The van der Waals surface area contributed by atoms with Gasteiger partial charge in [-0.2, -0.15) is 0 Å². The van der Waals surface area contributed by atoms with Gasteiger partial charge in [0.2, 0.25) is 0 Å². The van der Waals surface area contributed by atoms with Crippen LogP contribution in [0.25, 0.3) is 6.08 Å². The number of methoxy groups -OCH3 is 1. The molecule has 138 valence electrons. The molecule has 0 bridgehead atoms. The number of aromatic nitrogens is 2. The van der Waals surface area contributed by atoms with Crippen molar-refractivity contribution in [2.75, 3.05) is 7.11 Å². The summed E-state index contributed by atoms with van der Waals surface area (Å²) >= 11 is 0. The van der Waals surface area contributed by atoms with Gasteiger partial charge >= 0.3 is 7.12 Å². The van der Waals surface area contributed by atoms with Crippen LogP contribution in [0.5, 0.6) is 5.75 Å². The summed E-state index contributed by atoms with van der Waals surface area (Å²) in [7, 11) is 0.626. The maximum Gasteiger partial charge on any atom is 0.525 e. The molecule has 2 heterocycles. The molecule has 0 spiro atoms. The Labute approximate surface area is 153 Å². The first-order valence-electron chi connectivity index (χ1n) is 8.58. The summed E-state index contributed by atoms with van der Waals surface area (Å²) in [6.07, 6.45) is 4.80. The summed E-state index contributed by atoms with van der Waals surface area (Å²) in [5.41, 5.74) is -0.0533. The number of hydrogen-bond acceptors (Lipinski definition) is 4. The fourth-order valence-electron chi connectivity index (χ4n) is 2.68. The molecule has 1 saturated heterocycles. The van der Waals surface area contributed by atoms with Crippen molar-refractivity contribution >= 4 is 13.2 Å². The van der Waals surface area contributed by atoms with E-state index in [9.17, 15) is 4.39 Å². The quantitative estimate of drug-likeness (QED) is 0.761. The maximum atomic E-state index is 14.6. The van der Waals surface area contributed by atoms with Crippen molar-refractivity contribution in [2.24, 2.45) is 0 Å². The smallest absolute Gasteiger partial charge is 0.497 e. The number of hydrogen-bond donors (Lipinski definition) is 0. The Hall–Kier alpha value is -2.12. The van der Waals surface area contributed by atoms with Gasteiger partial charge in [-0.1, -0.05) is 12.1 Å². The summed E-state index contributed by atoms with van der Waals surface area (Å²) in [6, 6.07) is 7.79. The van der Waals surface area contributed by atoms with Gasteiger partial charge in [0.15, 0.2) is 0 Å². The lowest BCUT2D eigenvalue weighted by Gasteiger charge is -2.32. The molecule has 26 heavy (non-hydrogen) atoms. The fourth-order valence-corrected chi connectivity index (χ4v) is 2.68. The molecule has 1 aliphatic heterocycles. The molecule has 0 N–H and O–H groups in total. The van der Waals surface area contributed by atoms with E-state index >= 15 is 0 Å². The summed E-state index contributed by atoms with van der Waals surface area (Å²) in [6.45, 7) is 8.19. The normalized spacial score (nSPS) is 19.0. The van der Waals surface area contributed by atoms with E-state index in [0.717, 1.165) is 11.3 Å². The molecule has 0 aliphatic carbocycles. The first-order valence-corrected chi connectivity index (χ1v) is 8.58. The Kier molecular flexibility index (Phi) is 4.95. The van der Waals surface area contributed by atoms with Crippen molar-refractivity contribution in [3.8, 4) is 5.75 Å². The molecule has 7 heteroatoms. The van der Waals surface area contributed by atoms with Crippen molar-refractivity contribution in [3.05, 3.63) is 53.8 Å². The lowest BCUT2D eigenvalue weighted by molar-refractivity contribution is 0.00578. The molecule has 1 aromatic heterocycles. The number of ether oxygens (including phenoxy) is 1. The zero-order chi connectivity index (χ0) is 18.9. The molecular formula is C19H24BFN2O3. The minimum Gasteiger partial charge on any atom is -0.497 e. The summed E-state index contributed by atoms with van der Waals surface area (Å²) in [5, 5.41) is 0. The average molecular weight is 358 g/mol. The number of nitrogens with zero attached hydrogens (tertiary/aromatic N) is 2. The number of rotatable bonds is 5. The van der Waals surface area contributed by atoms with E-state index in [1.54, 1.807) is 19.6 Å². The molecule has 1 aromatic carbocycles. The first kappa shape index (κ1) is 18.7. The first-order chi connectivity index (χ1) is 12.2. The SMILES string of the molecule is COc1cccc(Cn2cnc(C=C(F)B3OC(C)(C)C(C)(C)O3)c2)c1. The van der Waals surface area contributed by atoms with Gasteiger partial charge in [0.1, 0.15) is 11.5 Å². The highest BCUT2D eigenvalue weighted by molar-refractivity contribution is 6.54. The standard InChI is InChI=1S/C19H24BFN2O3/c1-18(2)19(3,4)26-20(25-18)17(21)10-15-12-23(13-22-15)11-14-7-6-8-16(9-14)24-5/h6-10,12-13H,11H2,1-5H3. The molecule has 5 nitrogen and oxygen atoms in total. The molecule has 3 rings (SSSR count). The molecule has 0 radical (unpaired) electrons. The Morgan fingerprint density at radius 1 is 1.27 bits per heavy atom. The van der Waals surface area contributed by atoms with Gasteiger partial charge < -0.3 is 18.6 Å². The zero-order valence-corrected chi connectivity index (χ0v) is 15.8. The second kappa shape index (κ2) is 6.89. The molecule has 0 saturated carbocycles. The van der Waals surface area contributed by atoms with Gasteiger partial charge in [-0.05, 0) is 51.5 Å². The van der Waals surface area contributed by atoms with Gasteiger partial charge in [-0.25, -0.2) is 9.37 Å². The van der Waals surface area contributed by atoms with Gasteiger partial charge in [0.05, 0.1) is 30.3 Å². The van der Waals surface area contributed by atoms with Crippen LogP contribution in [0.2, 0.25) is 0 Å². The highest BCUT2D eigenvalue weighted by atomic mass is 19.1. The molecule has 1 aliphatic rings. The molecule has 0 amide bonds. The molecule has 0 unspecified atom stereocenters. The fraction of sp³-hybridized carbons (Fsp3) is 0.421. The predicted molar refractivity (Wildman–Crippen MR) is 99.5 cm³/mol. The maximum absolute atomic E-state index is 14.6. The van der Waals surface area contributed by atoms with Crippen LogP contribution in [0.3, 0.4) is 0 Å². The van der Waals surface area contributed by atoms with Crippen LogP contribution in [-0.2, 0) is 15.9 Å². The average Bonchev–Trinajstić information content (AvgIpc) is 3.09. The predicted octanol–water partition coefficient (Wildman–Crippen LogP) is 3.88. The molecule has 1 fully saturated rings. The Bertz CT molecular complexity index is 801. The lowest BCUT2D eigenvalue weighted by atomic mass is 9.87. The second-order valence-electron chi connectivity index (χ2n) is 7.44. The summed E-state index contributed by atoms with van der Waals surface area (Å²) in [4.78, 5) is 4.24. The van der Waals surface area contributed by atoms with Crippen LogP contribution in [0.1, 0.15) is 39.0 Å². The lowest BCUT2D eigenvalue weighted by Crippen LogP contribution is -2.41. The number of benzene rings is 1. The van der Waals surface area contributed by atoms with Crippen LogP contribution in [-0.4, -0.2) is 35.0 Å². The van der Waals surface area contributed by atoms with Crippen LogP contribution >= 0.6 is 0 Å². The van der Waals surface area contributed by atoms with Crippen LogP contribution in [0.15, 0.2) is 42.5 Å². The third-order valence-corrected chi connectivity index (χ3v) is 4.92. The van der Waals surface area contributed by atoms with Gasteiger partial charge in [-0.3, -0.25) is 0 Å². The third-order valence-electron chi connectivity index (χ3n) is 4.92. The van der Waals surface area contributed by atoms with Crippen LogP contribution in [0.4, 0.5) is 4.39 Å². The largest absolute Gasteiger partial charge is 0.525 e. The Morgan fingerprint density at radius 2 is 1.96 bits per heavy atom. The van der Waals surface area contributed by atoms with Crippen molar-refractivity contribution in [3.63, 3.8) is 0 Å². The molecule has 0 atom stereocenters. The summed E-state index contributed by atoms with van der Waals surface area (Å²) in [5.74, 6) is 0.800. The van der Waals surface area contributed by atoms with E-state index < -0.39 is 24.0 Å². The van der Waals surface area contributed by atoms with E-state index in [0.29, 0.717) is 12.2 Å². The summed E-state index contributed by atoms with van der Waals surface area (Å²) < 4.78 is 33.1. The molecular weight excluding hydrogens is 334 g/mol. The second-order valence-corrected chi connectivity index (χ2v) is 7.44. The Morgan fingerprint density at radius 3 is 2.62 bits per heavy atom.